The van der Waals surface area contributed by atoms with E-state index in [1.54, 1.807) is 24.3 Å². The zero-order valence-electron chi connectivity index (χ0n) is 11.1. The van der Waals surface area contributed by atoms with Gasteiger partial charge in [0.2, 0.25) is 5.91 Å². The number of carboxylic acids is 1. The van der Waals surface area contributed by atoms with Crippen molar-refractivity contribution >= 4 is 52.9 Å². The van der Waals surface area contributed by atoms with Crippen molar-refractivity contribution in [2.75, 3.05) is 5.75 Å². The third kappa shape index (κ3) is 3.73. The molecule has 21 heavy (non-hydrogen) atoms. The predicted molar refractivity (Wildman–Crippen MR) is 85.7 cm³/mol. The molecule has 2 unspecified atom stereocenters. The minimum atomic E-state index is -0.988. The molecule has 1 aromatic carbocycles. The predicted octanol–water partition coefficient (Wildman–Crippen LogP) is 3.38. The van der Waals surface area contributed by atoms with E-state index >= 15 is 0 Å². The second kappa shape index (κ2) is 6.73. The number of amides is 1. The van der Waals surface area contributed by atoms with Gasteiger partial charge in [0.05, 0.1) is 5.37 Å². The van der Waals surface area contributed by atoms with E-state index in [0.717, 1.165) is 0 Å². The molecule has 1 aliphatic heterocycles. The fourth-order valence-corrected chi connectivity index (χ4v) is 3.70. The third-order valence-electron chi connectivity index (χ3n) is 3.13. The van der Waals surface area contributed by atoms with E-state index in [2.05, 4.69) is 0 Å². The van der Waals surface area contributed by atoms with Crippen molar-refractivity contribution in [3.63, 3.8) is 0 Å². The molecule has 1 aromatic rings. The topological polar surface area (TPSA) is 57.6 Å². The summed E-state index contributed by atoms with van der Waals surface area (Å²) >= 11 is 13.3. The number of carbonyl (C=O) groups is 2. The van der Waals surface area contributed by atoms with E-state index in [-0.39, 0.29) is 11.3 Å². The number of nitrogens with zero attached hydrogens (tertiary/aromatic N) is 1. The van der Waals surface area contributed by atoms with E-state index in [9.17, 15) is 9.59 Å². The Morgan fingerprint density at radius 3 is 2.76 bits per heavy atom. The zero-order valence-corrected chi connectivity index (χ0v) is 13.5. The van der Waals surface area contributed by atoms with Gasteiger partial charge in [0.1, 0.15) is 6.04 Å². The number of hydrogen-bond donors (Lipinski definition) is 1. The number of aliphatic carboxylic acids is 1. The molecule has 112 valence electrons. The SMILES string of the molecule is CC1SCC(C(=O)O)N1C(=O)C=Cc1ccc(Cl)cc1Cl. The van der Waals surface area contributed by atoms with Crippen molar-refractivity contribution in [2.24, 2.45) is 0 Å². The molecular weight excluding hydrogens is 333 g/mol. The van der Waals surface area contributed by atoms with Crippen LogP contribution in [0.5, 0.6) is 0 Å². The molecule has 0 spiro atoms. The summed E-state index contributed by atoms with van der Waals surface area (Å²) in [5.74, 6) is -0.929. The van der Waals surface area contributed by atoms with Gasteiger partial charge in [0.25, 0.3) is 0 Å². The van der Waals surface area contributed by atoms with Gasteiger partial charge in [-0.1, -0.05) is 29.3 Å². The van der Waals surface area contributed by atoms with Crippen molar-refractivity contribution in [1.29, 1.82) is 0 Å². The first-order chi connectivity index (χ1) is 9.90. The summed E-state index contributed by atoms with van der Waals surface area (Å²) in [5.41, 5.74) is 0.654. The number of halogens is 2. The highest BCUT2D eigenvalue weighted by atomic mass is 35.5. The quantitative estimate of drug-likeness (QED) is 0.853. The molecule has 1 N–H and O–H groups in total. The van der Waals surface area contributed by atoms with Gasteiger partial charge >= 0.3 is 5.97 Å². The molecular formula is C14H13Cl2NO3S. The van der Waals surface area contributed by atoms with E-state index in [0.29, 0.717) is 21.4 Å². The lowest BCUT2D eigenvalue weighted by Gasteiger charge is -2.23. The highest BCUT2D eigenvalue weighted by molar-refractivity contribution is 8.00. The van der Waals surface area contributed by atoms with Crippen LogP contribution in [0.2, 0.25) is 10.0 Å². The second-order valence-corrected chi connectivity index (χ2v) is 6.72. The van der Waals surface area contributed by atoms with Gasteiger partial charge in [-0.05, 0) is 30.7 Å². The Labute approximate surface area is 136 Å². The molecule has 0 radical (unpaired) electrons. The minimum absolute atomic E-state index is 0.163. The second-order valence-electron chi connectivity index (χ2n) is 4.53. The number of rotatable bonds is 3. The molecule has 0 bridgehead atoms. The summed E-state index contributed by atoms with van der Waals surface area (Å²) in [6.45, 7) is 1.81. The maximum absolute atomic E-state index is 12.2. The molecule has 0 aliphatic carbocycles. The normalized spacial score (nSPS) is 22.0. The van der Waals surface area contributed by atoms with Crippen LogP contribution >= 0.6 is 35.0 Å². The largest absolute Gasteiger partial charge is 0.480 e. The fourth-order valence-electron chi connectivity index (χ4n) is 2.05. The summed E-state index contributed by atoms with van der Waals surface area (Å²) in [6, 6.07) is 4.17. The van der Waals surface area contributed by atoms with Crippen molar-refractivity contribution < 1.29 is 14.7 Å². The molecule has 1 fully saturated rings. The van der Waals surface area contributed by atoms with Crippen LogP contribution in [0.4, 0.5) is 0 Å². The molecule has 0 saturated carbocycles. The Morgan fingerprint density at radius 1 is 1.43 bits per heavy atom. The van der Waals surface area contributed by atoms with Gasteiger partial charge in [-0.25, -0.2) is 4.79 Å². The van der Waals surface area contributed by atoms with Crippen molar-refractivity contribution in [3.8, 4) is 0 Å². The third-order valence-corrected chi connectivity index (χ3v) is 4.91. The van der Waals surface area contributed by atoms with Gasteiger partial charge in [-0.3, -0.25) is 4.79 Å². The molecule has 2 rings (SSSR count). The molecule has 1 saturated heterocycles. The number of thioether (sulfide) groups is 1. The molecule has 4 nitrogen and oxygen atoms in total. The average Bonchev–Trinajstić information content (AvgIpc) is 2.79. The number of carboxylic acid groups (broad SMARTS) is 1. The Morgan fingerprint density at radius 2 is 2.14 bits per heavy atom. The maximum Gasteiger partial charge on any atom is 0.327 e. The van der Waals surface area contributed by atoms with Crippen molar-refractivity contribution in [3.05, 3.63) is 39.9 Å². The van der Waals surface area contributed by atoms with Crippen LogP contribution < -0.4 is 0 Å². The molecule has 7 heteroatoms. The Hall–Kier alpha value is -1.17. The summed E-state index contributed by atoms with van der Waals surface area (Å²) in [5, 5.41) is 9.93. The van der Waals surface area contributed by atoms with Crippen molar-refractivity contribution in [2.45, 2.75) is 18.3 Å². The van der Waals surface area contributed by atoms with E-state index in [4.69, 9.17) is 28.3 Å². The van der Waals surface area contributed by atoms with Gasteiger partial charge < -0.3 is 10.0 Å². The molecule has 0 aromatic heterocycles. The first-order valence-electron chi connectivity index (χ1n) is 6.20. The molecule has 1 amide bonds. The Balaban J connectivity index is 2.16. The first kappa shape index (κ1) is 16.2. The van der Waals surface area contributed by atoms with Gasteiger partial charge in [-0.2, -0.15) is 0 Å². The lowest BCUT2D eigenvalue weighted by Crippen LogP contribution is -2.43. The molecule has 2 atom stereocenters. The monoisotopic (exact) mass is 345 g/mol. The van der Waals surface area contributed by atoms with Gasteiger partial charge in [0.15, 0.2) is 0 Å². The number of hydrogen-bond acceptors (Lipinski definition) is 3. The van der Waals surface area contributed by atoms with Crippen LogP contribution in [-0.4, -0.2) is 39.1 Å². The van der Waals surface area contributed by atoms with E-state index in [1.807, 2.05) is 6.92 Å². The summed E-state index contributed by atoms with van der Waals surface area (Å²) < 4.78 is 0. The van der Waals surface area contributed by atoms with E-state index in [1.165, 1.54) is 22.7 Å². The first-order valence-corrected chi connectivity index (χ1v) is 8.00. The Kier molecular flexibility index (Phi) is 5.19. The average molecular weight is 346 g/mol. The van der Waals surface area contributed by atoms with Crippen molar-refractivity contribution in [1.82, 2.24) is 4.90 Å². The van der Waals surface area contributed by atoms with Crippen LogP contribution in [0, 0.1) is 0 Å². The Bertz CT molecular complexity index is 606. The van der Waals surface area contributed by atoms with Crippen LogP contribution in [0.15, 0.2) is 24.3 Å². The molecule has 1 aliphatic rings. The highest BCUT2D eigenvalue weighted by Gasteiger charge is 2.38. The van der Waals surface area contributed by atoms with Gasteiger partial charge in [0, 0.05) is 21.9 Å². The lowest BCUT2D eigenvalue weighted by molar-refractivity contribution is -0.147. The number of benzene rings is 1. The highest BCUT2D eigenvalue weighted by Crippen LogP contribution is 2.29. The minimum Gasteiger partial charge on any atom is -0.480 e. The van der Waals surface area contributed by atoms with E-state index < -0.39 is 12.0 Å². The standard InChI is InChI=1S/C14H13Cl2NO3S/c1-8-17(12(7-21-8)14(19)20)13(18)5-3-9-2-4-10(15)6-11(9)16/h2-6,8,12H,7H2,1H3,(H,19,20). The van der Waals surface area contributed by atoms with Crippen LogP contribution in [0.3, 0.4) is 0 Å². The smallest absolute Gasteiger partial charge is 0.327 e. The van der Waals surface area contributed by atoms with Crippen LogP contribution in [-0.2, 0) is 9.59 Å². The number of carbonyl (C=O) groups excluding carboxylic acids is 1. The summed E-state index contributed by atoms with van der Waals surface area (Å²) in [4.78, 5) is 24.7. The van der Waals surface area contributed by atoms with Crippen LogP contribution in [0.1, 0.15) is 12.5 Å². The fraction of sp³-hybridized carbons (Fsp3) is 0.286. The lowest BCUT2D eigenvalue weighted by atomic mass is 10.2. The molecule has 1 heterocycles. The van der Waals surface area contributed by atoms with Crippen LogP contribution in [0.25, 0.3) is 6.08 Å². The van der Waals surface area contributed by atoms with Gasteiger partial charge in [-0.15, -0.1) is 11.8 Å². The summed E-state index contributed by atoms with van der Waals surface area (Å²) in [7, 11) is 0. The zero-order chi connectivity index (χ0) is 15.6. The maximum atomic E-state index is 12.2. The summed E-state index contributed by atoms with van der Waals surface area (Å²) in [6.07, 6.45) is 2.91.